The Bertz CT molecular complexity index is 1330. The van der Waals surface area contributed by atoms with Gasteiger partial charge in [-0.15, -0.1) is 0 Å². The smallest absolute Gasteiger partial charge is 0.261 e. The largest absolute Gasteiger partial charge is 0.493 e. The normalized spacial score (nSPS) is 14.8. The minimum Gasteiger partial charge on any atom is -0.493 e. The zero-order chi connectivity index (χ0) is 34.2. The van der Waals surface area contributed by atoms with Crippen molar-refractivity contribution in [2.24, 2.45) is 11.8 Å². The van der Waals surface area contributed by atoms with Gasteiger partial charge in [-0.1, -0.05) is 115 Å². The van der Waals surface area contributed by atoms with Crippen LogP contribution in [-0.2, 0) is 25.0 Å². The van der Waals surface area contributed by atoms with Crippen molar-refractivity contribution in [2.75, 3.05) is 27.4 Å². The lowest BCUT2D eigenvalue weighted by Gasteiger charge is -2.44. The molecular formula is C38H56O6Si2. The molecule has 0 unspecified atom stereocenters. The lowest BCUT2D eigenvalue weighted by atomic mass is 9.94. The Morgan fingerprint density at radius 2 is 1.26 bits per heavy atom. The average Bonchev–Trinajstić information content (AvgIpc) is 3.02. The molecule has 0 radical (unpaired) electrons. The van der Waals surface area contributed by atoms with Gasteiger partial charge in [-0.2, -0.15) is 0 Å². The van der Waals surface area contributed by atoms with E-state index >= 15 is 0 Å². The molecule has 0 spiro atoms. The molecule has 0 fully saturated rings. The summed E-state index contributed by atoms with van der Waals surface area (Å²) < 4.78 is 31.5. The molecule has 0 aliphatic carbocycles. The van der Waals surface area contributed by atoms with Gasteiger partial charge in [0.15, 0.2) is 19.8 Å². The molecule has 0 aliphatic heterocycles. The summed E-state index contributed by atoms with van der Waals surface area (Å²) in [6.07, 6.45) is 0.569. The summed E-state index contributed by atoms with van der Waals surface area (Å²) in [6.45, 7) is 21.0. The first kappa shape index (κ1) is 37.7. The molecule has 3 aromatic rings. The molecule has 0 heterocycles. The first-order valence-corrected chi connectivity index (χ1v) is 21.1. The molecule has 3 atom stereocenters. The van der Waals surface area contributed by atoms with E-state index in [1.165, 1.54) is 10.4 Å². The predicted molar refractivity (Wildman–Crippen MR) is 194 cm³/mol. The van der Waals surface area contributed by atoms with E-state index in [-0.39, 0.29) is 16.0 Å². The quantitative estimate of drug-likeness (QED) is 0.116. The Hall–Kier alpha value is -2.76. The molecule has 0 amide bonds. The van der Waals surface area contributed by atoms with Crippen LogP contribution in [0, 0.1) is 11.8 Å². The summed E-state index contributed by atoms with van der Waals surface area (Å²) in [6, 6.07) is 27.0. The minimum absolute atomic E-state index is 0.0223. The van der Waals surface area contributed by atoms with E-state index in [9.17, 15) is 4.79 Å². The van der Waals surface area contributed by atoms with Gasteiger partial charge >= 0.3 is 0 Å². The van der Waals surface area contributed by atoms with Crippen molar-refractivity contribution in [1.82, 2.24) is 0 Å². The Balaban J connectivity index is 1.99. The molecule has 3 rings (SSSR count). The molecule has 3 aromatic carbocycles. The number of hydrogen-bond acceptors (Lipinski definition) is 6. The maximum Gasteiger partial charge on any atom is 0.261 e. The molecule has 6 nitrogen and oxygen atoms in total. The number of carbonyl (C=O) groups is 1. The highest BCUT2D eigenvalue weighted by molar-refractivity contribution is 6.99. The molecule has 252 valence electrons. The second-order valence-corrected chi connectivity index (χ2v) is 23.9. The molecule has 0 bridgehead atoms. The lowest BCUT2D eigenvalue weighted by Crippen LogP contribution is -2.67. The molecule has 8 heteroatoms. The minimum atomic E-state index is -2.78. The highest BCUT2D eigenvalue weighted by Gasteiger charge is 2.50. The van der Waals surface area contributed by atoms with Gasteiger partial charge in [0, 0.05) is 19.1 Å². The van der Waals surface area contributed by atoms with Crippen LogP contribution in [0.15, 0.2) is 78.9 Å². The summed E-state index contributed by atoms with van der Waals surface area (Å²) in [5, 5.41) is 2.30. The monoisotopic (exact) mass is 664 g/mol. The second kappa shape index (κ2) is 15.9. The number of rotatable bonds is 16. The molecule has 0 aliphatic rings. The predicted octanol–water partition coefficient (Wildman–Crippen LogP) is 7.64. The third-order valence-corrected chi connectivity index (χ3v) is 19.0. The van der Waals surface area contributed by atoms with Gasteiger partial charge in [0.05, 0.1) is 32.8 Å². The van der Waals surface area contributed by atoms with Crippen molar-refractivity contribution in [2.45, 2.75) is 84.3 Å². The van der Waals surface area contributed by atoms with Crippen molar-refractivity contribution in [3.8, 4) is 11.5 Å². The first-order valence-electron chi connectivity index (χ1n) is 16.3. The number of ether oxygens (including phenoxy) is 3. The molecule has 0 aromatic heterocycles. The van der Waals surface area contributed by atoms with Crippen LogP contribution in [0.3, 0.4) is 0 Å². The van der Waals surface area contributed by atoms with E-state index < -0.39 is 28.7 Å². The van der Waals surface area contributed by atoms with E-state index in [1.54, 1.807) is 14.2 Å². The van der Waals surface area contributed by atoms with Crippen molar-refractivity contribution in [3.05, 3.63) is 84.4 Å². The lowest BCUT2D eigenvalue weighted by molar-refractivity contribution is -0.122. The highest BCUT2D eigenvalue weighted by Crippen LogP contribution is 2.39. The van der Waals surface area contributed by atoms with Gasteiger partial charge < -0.3 is 27.9 Å². The number of aldehydes is 1. The fourth-order valence-corrected chi connectivity index (χ4v) is 11.4. The Labute approximate surface area is 280 Å². The molecule has 0 N–H and O–H groups in total. The fraction of sp³-hybridized carbons (Fsp3) is 0.500. The molecular weight excluding hydrogens is 609 g/mol. The average molecular weight is 665 g/mol. The van der Waals surface area contributed by atoms with Crippen molar-refractivity contribution < 1.29 is 27.9 Å². The standard InChI is InChI=1S/C38H56O6Si2/c1-29(26-44-46(38(5,6)7,32-18-14-12-15-19-32)33-20-16-13-17-21-33)36(31(25-39)28-43-45(10,11)37(2,3)4)42-27-30-22-23-34(40-8)35(24-30)41-9/h12-25,29,31,36H,26-28H2,1-11H3/t29-,31+,36+/m1/s1. The number of methoxy groups -OCH3 is 2. The van der Waals surface area contributed by atoms with Crippen LogP contribution in [0.25, 0.3) is 0 Å². The number of benzene rings is 3. The zero-order valence-electron chi connectivity index (χ0n) is 29.9. The highest BCUT2D eigenvalue weighted by atomic mass is 28.4. The van der Waals surface area contributed by atoms with Crippen molar-refractivity contribution in [1.29, 1.82) is 0 Å². The van der Waals surface area contributed by atoms with Gasteiger partial charge in [-0.05, 0) is 51.2 Å². The zero-order valence-corrected chi connectivity index (χ0v) is 31.9. The van der Waals surface area contributed by atoms with E-state index in [4.69, 9.17) is 23.1 Å². The Morgan fingerprint density at radius 3 is 1.72 bits per heavy atom. The molecule has 46 heavy (non-hydrogen) atoms. The van der Waals surface area contributed by atoms with Crippen LogP contribution < -0.4 is 19.8 Å². The van der Waals surface area contributed by atoms with E-state index in [0.29, 0.717) is 31.3 Å². The van der Waals surface area contributed by atoms with Gasteiger partial charge in [0.2, 0.25) is 0 Å². The summed E-state index contributed by atoms with van der Waals surface area (Å²) in [4.78, 5) is 12.8. The van der Waals surface area contributed by atoms with Gasteiger partial charge in [0.25, 0.3) is 8.32 Å². The van der Waals surface area contributed by atoms with Gasteiger partial charge in [-0.25, -0.2) is 0 Å². The first-order chi connectivity index (χ1) is 21.6. The number of hydrogen-bond donors (Lipinski definition) is 0. The Kier molecular flexibility index (Phi) is 13.0. The van der Waals surface area contributed by atoms with Crippen LogP contribution in [0.2, 0.25) is 23.2 Å². The SMILES string of the molecule is COc1ccc(CO[C@@H]([C@H](C)CO[Si](c2ccccc2)(c2ccccc2)C(C)(C)C)[C@@H](C=O)CO[Si](C)(C)C(C)(C)C)cc1OC. The third-order valence-electron chi connectivity index (χ3n) is 9.47. The summed E-state index contributed by atoms with van der Waals surface area (Å²) in [5.41, 5.74) is 0.928. The van der Waals surface area contributed by atoms with Gasteiger partial charge in [-0.3, -0.25) is 0 Å². The maximum absolute atomic E-state index is 12.8. The second-order valence-electron chi connectivity index (χ2n) is 14.8. The van der Waals surface area contributed by atoms with Crippen molar-refractivity contribution >= 4 is 33.3 Å². The van der Waals surface area contributed by atoms with E-state index in [2.05, 4.69) is 110 Å². The number of carbonyl (C=O) groups excluding carboxylic acids is 1. The van der Waals surface area contributed by atoms with E-state index in [0.717, 1.165) is 11.8 Å². The van der Waals surface area contributed by atoms with E-state index in [1.807, 2.05) is 30.3 Å². The summed E-state index contributed by atoms with van der Waals surface area (Å²) in [7, 11) is -1.65. The van der Waals surface area contributed by atoms with Gasteiger partial charge in [0.1, 0.15) is 6.29 Å². The fourth-order valence-electron chi connectivity index (χ4n) is 5.72. The van der Waals surface area contributed by atoms with Crippen LogP contribution in [-0.4, -0.2) is 56.5 Å². The topological polar surface area (TPSA) is 63.2 Å². The summed E-state index contributed by atoms with van der Waals surface area (Å²) in [5.74, 6) is 0.715. The summed E-state index contributed by atoms with van der Waals surface area (Å²) >= 11 is 0. The maximum atomic E-state index is 12.8. The van der Waals surface area contributed by atoms with Crippen molar-refractivity contribution in [3.63, 3.8) is 0 Å². The molecule has 0 saturated heterocycles. The van der Waals surface area contributed by atoms with Crippen LogP contribution in [0.1, 0.15) is 54.0 Å². The van der Waals surface area contributed by atoms with Crippen LogP contribution in [0.5, 0.6) is 11.5 Å². The van der Waals surface area contributed by atoms with Crippen LogP contribution in [0.4, 0.5) is 0 Å². The van der Waals surface area contributed by atoms with Crippen LogP contribution >= 0.6 is 0 Å². The third kappa shape index (κ3) is 8.78. The molecule has 0 saturated carbocycles. The Morgan fingerprint density at radius 1 is 0.717 bits per heavy atom.